The molecule has 9 nitrogen and oxygen atoms in total. The second-order valence-electron chi connectivity index (χ2n) is 13.8. The predicted molar refractivity (Wildman–Crippen MR) is 233 cm³/mol. The SMILES string of the molecule is CC/C=C\C/C=C\C/C=C\C/C=C\C/C=C\C/C=C\CCC(=O)OC[C@H](COP(=O)(O)OCCN)OC(=O)CCCCCCC/C=C\CCCCCCCCC. The Kier molecular flexibility index (Phi) is 39.7. The van der Waals surface area contributed by atoms with Crippen molar-refractivity contribution in [2.24, 2.45) is 5.73 Å². The summed E-state index contributed by atoms with van der Waals surface area (Å²) < 4.78 is 32.7. The molecule has 0 rings (SSSR count). The van der Waals surface area contributed by atoms with Crippen LogP contribution in [0.5, 0.6) is 0 Å². The Morgan fingerprint density at radius 3 is 1.54 bits per heavy atom. The predicted octanol–water partition coefficient (Wildman–Crippen LogP) is 12.4. The number of phosphoric acid groups is 1. The normalized spacial score (nSPS) is 14.1. The summed E-state index contributed by atoms with van der Waals surface area (Å²) in [6.45, 7) is 3.50. The molecule has 0 saturated heterocycles. The lowest BCUT2D eigenvalue weighted by Crippen LogP contribution is -2.29. The monoisotopic (exact) mass is 804 g/mol. The van der Waals surface area contributed by atoms with E-state index in [0.717, 1.165) is 70.6 Å². The molecule has 0 aliphatic carbocycles. The van der Waals surface area contributed by atoms with Gasteiger partial charge < -0.3 is 20.1 Å². The summed E-state index contributed by atoms with van der Waals surface area (Å²) in [7, 11) is -4.40. The molecule has 0 radical (unpaired) electrons. The maximum Gasteiger partial charge on any atom is 0.472 e. The molecule has 320 valence electrons. The van der Waals surface area contributed by atoms with Gasteiger partial charge in [-0.25, -0.2) is 4.57 Å². The van der Waals surface area contributed by atoms with Gasteiger partial charge in [0, 0.05) is 19.4 Å². The molecule has 0 amide bonds. The molecule has 56 heavy (non-hydrogen) atoms. The van der Waals surface area contributed by atoms with Crippen molar-refractivity contribution in [2.45, 2.75) is 168 Å². The number of phosphoric ester groups is 1. The highest BCUT2D eigenvalue weighted by molar-refractivity contribution is 7.47. The molecule has 0 fully saturated rings. The van der Waals surface area contributed by atoms with Gasteiger partial charge in [-0.2, -0.15) is 0 Å². The molecule has 0 aromatic carbocycles. The van der Waals surface area contributed by atoms with Crippen molar-refractivity contribution in [2.75, 3.05) is 26.4 Å². The van der Waals surface area contributed by atoms with Crippen LogP contribution < -0.4 is 5.73 Å². The van der Waals surface area contributed by atoms with Crippen molar-refractivity contribution in [3.05, 3.63) is 85.1 Å². The van der Waals surface area contributed by atoms with Gasteiger partial charge in [-0.1, -0.05) is 157 Å². The minimum absolute atomic E-state index is 0.0384. The highest BCUT2D eigenvalue weighted by Gasteiger charge is 2.25. The molecule has 2 atom stereocenters. The van der Waals surface area contributed by atoms with Crippen molar-refractivity contribution in [1.29, 1.82) is 0 Å². The zero-order valence-electron chi connectivity index (χ0n) is 35.1. The lowest BCUT2D eigenvalue weighted by atomic mass is 10.1. The van der Waals surface area contributed by atoms with Gasteiger partial charge in [-0.15, -0.1) is 0 Å². The maximum atomic E-state index is 12.6. The number of unbranched alkanes of at least 4 members (excludes halogenated alkanes) is 12. The third-order valence-corrected chi connectivity index (χ3v) is 9.51. The summed E-state index contributed by atoms with van der Waals surface area (Å²) in [5.74, 6) is -0.943. The van der Waals surface area contributed by atoms with Crippen molar-refractivity contribution in [3.63, 3.8) is 0 Å². The van der Waals surface area contributed by atoms with Crippen LogP contribution in [0.25, 0.3) is 0 Å². The van der Waals surface area contributed by atoms with Crippen LogP contribution in [0.4, 0.5) is 0 Å². The Labute approximate surface area is 341 Å². The number of esters is 2. The van der Waals surface area contributed by atoms with Crippen molar-refractivity contribution in [1.82, 2.24) is 0 Å². The molecule has 0 bridgehead atoms. The summed E-state index contributed by atoms with van der Waals surface area (Å²) >= 11 is 0. The maximum absolute atomic E-state index is 12.6. The van der Waals surface area contributed by atoms with Crippen LogP contribution in [0.3, 0.4) is 0 Å². The highest BCUT2D eigenvalue weighted by atomic mass is 31.2. The molecular weight excluding hydrogens is 725 g/mol. The van der Waals surface area contributed by atoms with Gasteiger partial charge in [0.25, 0.3) is 0 Å². The number of nitrogens with two attached hydrogens (primary N) is 1. The number of carbonyl (C=O) groups excluding carboxylic acids is 2. The van der Waals surface area contributed by atoms with Crippen LogP contribution in [-0.2, 0) is 32.7 Å². The van der Waals surface area contributed by atoms with Crippen molar-refractivity contribution < 1.29 is 37.6 Å². The van der Waals surface area contributed by atoms with E-state index in [0.29, 0.717) is 12.8 Å². The average molecular weight is 804 g/mol. The molecule has 1 unspecified atom stereocenters. The van der Waals surface area contributed by atoms with Crippen LogP contribution in [0.2, 0.25) is 0 Å². The van der Waals surface area contributed by atoms with E-state index < -0.39 is 32.5 Å². The quantitative estimate of drug-likeness (QED) is 0.0269. The first-order chi connectivity index (χ1) is 27.3. The minimum Gasteiger partial charge on any atom is -0.462 e. The highest BCUT2D eigenvalue weighted by Crippen LogP contribution is 2.43. The lowest BCUT2D eigenvalue weighted by Gasteiger charge is -2.19. The average Bonchev–Trinajstić information content (AvgIpc) is 3.18. The van der Waals surface area contributed by atoms with E-state index in [1.165, 1.54) is 51.4 Å². The Balaban J connectivity index is 4.31. The Hall–Kier alpha value is -2.81. The smallest absolute Gasteiger partial charge is 0.462 e. The van der Waals surface area contributed by atoms with Gasteiger partial charge in [0.2, 0.25) is 0 Å². The molecule has 0 aliphatic heterocycles. The third-order valence-electron chi connectivity index (χ3n) is 8.53. The molecule has 0 aromatic rings. The van der Waals surface area contributed by atoms with Gasteiger partial charge in [-0.3, -0.25) is 18.6 Å². The van der Waals surface area contributed by atoms with Crippen LogP contribution in [-0.4, -0.2) is 49.3 Å². The number of ether oxygens (including phenoxy) is 2. The first-order valence-corrected chi connectivity index (χ1v) is 23.1. The molecular formula is C46H78NO8P. The van der Waals surface area contributed by atoms with Crippen molar-refractivity contribution in [3.8, 4) is 0 Å². The summed E-state index contributed by atoms with van der Waals surface area (Å²) in [6.07, 6.45) is 52.0. The van der Waals surface area contributed by atoms with Gasteiger partial charge in [0.1, 0.15) is 6.61 Å². The van der Waals surface area contributed by atoms with Gasteiger partial charge >= 0.3 is 19.8 Å². The lowest BCUT2D eigenvalue weighted by molar-refractivity contribution is -0.161. The molecule has 0 aromatic heterocycles. The van der Waals surface area contributed by atoms with Crippen LogP contribution in [0.1, 0.15) is 162 Å². The van der Waals surface area contributed by atoms with Crippen LogP contribution in [0.15, 0.2) is 85.1 Å². The summed E-state index contributed by atoms with van der Waals surface area (Å²) in [5.41, 5.74) is 5.34. The van der Waals surface area contributed by atoms with E-state index in [-0.39, 0.29) is 32.6 Å². The molecule has 0 saturated carbocycles. The second-order valence-corrected chi connectivity index (χ2v) is 15.3. The fourth-order valence-electron chi connectivity index (χ4n) is 5.36. The summed E-state index contributed by atoms with van der Waals surface area (Å²) in [5, 5.41) is 0. The third kappa shape index (κ3) is 40.8. The first kappa shape index (κ1) is 53.2. The number of rotatable bonds is 39. The van der Waals surface area contributed by atoms with Gasteiger partial charge in [0.05, 0.1) is 13.2 Å². The molecule has 0 spiro atoms. The standard InChI is InChI=1S/C46H78NO8P/c1-3-5-7-9-11-13-15-17-19-21-22-23-25-26-28-30-32-34-36-38-45(48)52-42-44(43-54-56(50,51)53-41-40-47)55-46(49)39-37-35-33-31-29-27-24-20-18-16-14-12-10-8-6-4-2/h5,7,11,13,17,19-20,22-24,26,28,32,34,44H,3-4,6,8-10,12,14-16,18,21,25,27,29-31,33,35-43,47H2,1-2H3,(H,50,51)/b7-5-,13-11-,19-17-,23-22-,24-20-,28-26-,34-32-/t44-/m1/s1. The largest absolute Gasteiger partial charge is 0.472 e. The summed E-state index contributed by atoms with van der Waals surface area (Å²) in [6, 6.07) is 0. The van der Waals surface area contributed by atoms with Gasteiger partial charge in [0.15, 0.2) is 6.10 Å². The van der Waals surface area contributed by atoms with E-state index in [1.807, 2.05) is 12.2 Å². The van der Waals surface area contributed by atoms with E-state index >= 15 is 0 Å². The Morgan fingerprint density at radius 1 is 0.554 bits per heavy atom. The first-order valence-electron chi connectivity index (χ1n) is 21.6. The van der Waals surface area contributed by atoms with E-state index in [9.17, 15) is 19.0 Å². The topological polar surface area (TPSA) is 134 Å². The number of hydrogen-bond acceptors (Lipinski definition) is 8. The number of allylic oxidation sites excluding steroid dienone is 14. The van der Waals surface area contributed by atoms with Crippen molar-refractivity contribution >= 4 is 19.8 Å². The summed E-state index contributed by atoms with van der Waals surface area (Å²) in [4.78, 5) is 34.8. The number of carbonyl (C=O) groups is 2. The second kappa shape index (κ2) is 41.8. The van der Waals surface area contributed by atoms with Crippen LogP contribution in [0, 0.1) is 0 Å². The zero-order valence-corrected chi connectivity index (χ0v) is 36.0. The molecule has 3 N–H and O–H groups in total. The molecule has 0 heterocycles. The number of hydrogen-bond donors (Lipinski definition) is 2. The molecule has 0 aliphatic rings. The fourth-order valence-corrected chi connectivity index (χ4v) is 6.12. The van der Waals surface area contributed by atoms with E-state index in [1.54, 1.807) is 0 Å². The zero-order chi connectivity index (χ0) is 41.1. The van der Waals surface area contributed by atoms with E-state index in [2.05, 4.69) is 86.8 Å². The van der Waals surface area contributed by atoms with E-state index in [4.69, 9.17) is 24.3 Å². The van der Waals surface area contributed by atoms with Gasteiger partial charge in [-0.05, 0) is 77.0 Å². The minimum atomic E-state index is -4.40. The van der Waals surface area contributed by atoms with Crippen LogP contribution >= 0.6 is 7.82 Å². The Morgan fingerprint density at radius 2 is 1.02 bits per heavy atom. The molecule has 10 heteroatoms. The fraction of sp³-hybridized carbons (Fsp3) is 0.652. The Bertz CT molecular complexity index is 1190.